The Morgan fingerprint density at radius 1 is 1.15 bits per heavy atom. The first-order valence-corrected chi connectivity index (χ1v) is 7.37. The molecule has 0 saturated heterocycles. The van der Waals surface area contributed by atoms with Crippen LogP contribution < -0.4 is 5.32 Å². The van der Waals surface area contributed by atoms with Crippen molar-refractivity contribution in [1.29, 1.82) is 0 Å². The summed E-state index contributed by atoms with van der Waals surface area (Å²) in [6.45, 7) is 0. The van der Waals surface area contributed by atoms with Crippen molar-refractivity contribution < 1.29 is 31.9 Å². The van der Waals surface area contributed by atoms with E-state index in [4.69, 9.17) is 0 Å². The molecule has 0 aliphatic carbocycles. The van der Waals surface area contributed by atoms with E-state index in [1.165, 1.54) is 6.07 Å². The van der Waals surface area contributed by atoms with Crippen LogP contribution in [-0.2, 0) is 20.5 Å². The molecule has 5 nitrogen and oxygen atoms in total. The summed E-state index contributed by atoms with van der Waals surface area (Å²) in [6, 6.07) is 6.21. The number of alkyl halides is 3. The van der Waals surface area contributed by atoms with Gasteiger partial charge in [-0.2, -0.15) is 13.2 Å². The van der Waals surface area contributed by atoms with Gasteiger partial charge in [0.2, 0.25) is 5.91 Å². The van der Waals surface area contributed by atoms with Crippen molar-refractivity contribution >= 4 is 17.7 Å². The molecule has 0 aliphatic heterocycles. The second kappa shape index (κ2) is 7.94. The van der Waals surface area contributed by atoms with Gasteiger partial charge in [-0.1, -0.05) is 12.1 Å². The molecule has 1 aromatic heterocycles. The maximum atomic E-state index is 12.8. The number of esters is 1. The molecule has 2 rings (SSSR count). The zero-order valence-corrected chi connectivity index (χ0v) is 13.5. The predicted octanol–water partition coefficient (Wildman–Crippen LogP) is 3.52. The molecule has 0 spiro atoms. The number of rotatable bonds is 5. The van der Waals surface area contributed by atoms with Crippen molar-refractivity contribution in [2.45, 2.75) is 18.5 Å². The fraction of sp³-hybridized carbons (Fsp3) is 0.235. The maximum Gasteiger partial charge on any atom is 0.416 e. The van der Waals surface area contributed by atoms with Gasteiger partial charge in [-0.05, 0) is 29.8 Å². The Hall–Kier alpha value is -2.97. The van der Waals surface area contributed by atoms with E-state index in [1.54, 1.807) is 0 Å². The highest BCUT2D eigenvalue weighted by molar-refractivity contribution is 5.94. The number of benzene rings is 1. The van der Waals surface area contributed by atoms with Gasteiger partial charge in [0.05, 0.1) is 24.8 Å². The number of ether oxygens (including phenoxy) is 1. The number of nitrogens with one attached hydrogen (secondary N) is 1. The standard InChI is InChI=1S/C17H14F4N2O3/c1-26-16(25)13(10-2-4-11(5-3-10)17(19,20)21)8-15(24)23-14-7-6-12(18)9-22-14/h2-7,9,13H,8H2,1H3,(H,22,23,24). The van der Waals surface area contributed by atoms with E-state index in [0.717, 1.165) is 43.6 Å². The van der Waals surface area contributed by atoms with Gasteiger partial charge >= 0.3 is 12.1 Å². The summed E-state index contributed by atoms with van der Waals surface area (Å²) in [5, 5.41) is 2.38. The molecule has 1 N–H and O–H groups in total. The van der Waals surface area contributed by atoms with Gasteiger partial charge in [0.15, 0.2) is 0 Å². The number of hydrogen-bond acceptors (Lipinski definition) is 4. The Morgan fingerprint density at radius 3 is 2.31 bits per heavy atom. The third kappa shape index (κ3) is 5.01. The number of amides is 1. The van der Waals surface area contributed by atoms with Gasteiger partial charge in [-0.15, -0.1) is 0 Å². The van der Waals surface area contributed by atoms with E-state index >= 15 is 0 Å². The van der Waals surface area contributed by atoms with Crippen LogP contribution in [0.5, 0.6) is 0 Å². The van der Waals surface area contributed by atoms with E-state index in [2.05, 4.69) is 15.0 Å². The molecule has 1 heterocycles. The first-order chi connectivity index (χ1) is 12.2. The van der Waals surface area contributed by atoms with E-state index in [9.17, 15) is 27.2 Å². The van der Waals surface area contributed by atoms with Gasteiger partial charge < -0.3 is 10.1 Å². The van der Waals surface area contributed by atoms with Gasteiger partial charge in [0.25, 0.3) is 0 Å². The van der Waals surface area contributed by atoms with Crippen LogP contribution in [0.15, 0.2) is 42.6 Å². The fourth-order valence-electron chi connectivity index (χ4n) is 2.21. The fourth-order valence-corrected chi connectivity index (χ4v) is 2.21. The highest BCUT2D eigenvalue weighted by Crippen LogP contribution is 2.31. The number of anilines is 1. The minimum atomic E-state index is -4.51. The summed E-state index contributed by atoms with van der Waals surface area (Å²) in [6.07, 6.45) is -3.98. The molecule has 2 aromatic rings. The minimum Gasteiger partial charge on any atom is -0.469 e. The second-order valence-electron chi connectivity index (χ2n) is 5.31. The van der Waals surface area contributed by atoms with Gasteiger partial charge in [-0.3, -0.25) is 9.59 Å². The smallest absolute Gasteiger partial charge is 0.416 e. The lowest BCUT2D eigenvalue weighted by Gasteiger charge is -2.16. The molecule has 0 radical (unpaired) electrons. The largest absolute Gasteiger partial charge is 0.469 e. The first kappa shape index (κ1) is 19.4. The van der Waals surface area contributed by atoms with Crippen molar-refractivity contribution in [3.63, 3.8) is 0 Å². The van der Waals surface area contributed by atoms with Crippen LogP contribution in [0.4, 0.5) is 23.4 Å². The first-order valence-electron chi connectivity index (χ1n) is 7.37. The van der Waals surface area contributed by atoms with Crippen LogP contribution in [0, 0.1) is 5.82 Å². The molecular formula is C17H14F4N2O3. The molecule has 0 saturated carbocycles. The highest BCUT2D eigenvalue weighted by Gasteiger charge is 2.31. The lowest BCUT2D eigenvalue weighted by molar-refractivity contribution is -0.143. The average molecular weight is 370 g/mol. The Morgan fingerprint density at radius 2 is 1.81 bits per heavy atom. The van der Waals surface area contributed by atoms with Gasteiger partial charge in [0, 0.05) is 6.42 Å². The summed E-state index contributed by atoms with van der Waals surface area (Å²) >= 11 is 0. The van der Waals surface area contributed by atoms with Crippen LogP contribution in [0.2, 0.25) is 0 Å². The Balaban J connectivity index is 2.15. The molecule has 1 aromatic carbocycles. The molecule has 1 unspecified atom stereocenters. The summed E-state index contributed by atoms with van der Waals surface area (Å²) < 4.78 is 55.3. The molecule has 9 heteroatoms. The van der Waals surface area contributed by atoms with Crippen LogP contribution in [0.1, 0.15) is 23.5 Å². The number of hydrogen-bond donors (Lipinski definition) is 1. The molecule has 0 aliphatic rings. The van der Waals surface area contributed by atoms with E-state index < -0.39 is 35.4 Å². The zero-order chi connectivity index (χ0) is 19.3. The predicted molar refractivity (Wildman–Crippen MR) is 83.6 cm³/mol. The van der Waals surface area contributed by atoms with Gasteiger partial charge in [-0.25, -0.2) is 9.37 Å². The van der Waals surface area contributed by atoms with E-state index in [1.807, 2.05) is 0 Å². The normalized spacial score (nSPS) is 12.3. The molecule has 1 amide bonds. The highest BCUT2D eigenvalue weighted by atomic mass is 19.4. The number of methoxy groups -OCH3 is 1. The summed E-state index contributed by atoms with van der Waals surface area (Å²) in [7, 11) is 1.11. The van der Waals surface area contributed by atoms with Crippen LogP contribution in [-0.4, -0.2) is 24.0 Å². The lowest BCUT2D eigenvalue weighted by atomic mass is 9.94. The van der Waals surface area contributed by atoms with Gasteiger partial charge in [0.1, 0.15) is 11.6 Å². The Bertz CT molecular complexity index is 774. The lowest BCUT2D eigenvalue weighted by Crippen LogP contribution is -2.22. The summed E-state index contributed by atoms with van der Waals surface area (Å²) in [4.78, 5) is 27.7. The molecule has 1 atom stereocenters. The molecule has 138 valence electrons. The number of aromatic nitrogens is 1. The summed E-state index contributed by atoms with van der Waals surface area (Å²) in [5.41, 5.74) is -0.670. The quantitative estimate of drug-likeness (QED) is 0.646. The minimum absolute atomic E-state index is 0.0763. The van der Waals surface area contributed by atoms with Crippen LogP contribution in [0.3, 0.4) is 0 Å². The van der Waals surface area contributed by atoms with Crippen molar-refractivity contribution in [3.8, 4) is 0 Å². The van der Waals surface area contributed by atoms with E-state index in [-0.39, 0.29) is 17.8 Å². The van der Waals surface area contributed by atoms with Crippen molar-refractivity contribution in [1.82, 2.24) is 4.98 Å². The van der Waals surface area contributed by atoms with Crippen molar-refractivity contribution in [3.05, 3.63) is 59.5 Å². The number of halogens is 4. The zero-order valence-electron chi connectivity index (χ0n) is 13.5. The third-order valence-electron chi connectivity index (χ3n) is 3.51. The Labute approximate surface area is 146 Å². The molecule has 0 fully saturated rings. The van der Waals surface area contributed by atoms with Crippen molar-refractivity contribution in [2.24, 2.45) is 0 Å². The Kier molecular flexibility index (Phi) is 5.91. The topological polar surface area (TPSA) is 68.3 Å². The number of carbonyl (C=O) groups is 2. The number of nitrogens with zero attached hydrogens (tertiary/aromatic N) is 1. The monoisotopic (exact) mass is 370 g/mol. The SMILES string of the molecule is COC(=O)C(CC(=O)Nc1ccc(F)cn1)c1ccc(C(F)(F)F)cc1. The number of carbonyl (C=O) groups excluding carboxylic acids is 2. The average Bonchev–Trinajstić information content (AvgIpc) is 2.60. The molecule has 0 bridgehead atoms. The molecular weight excluding hydrogens is 356 g/mol. The maximum absolute atomic E-state index is 12.8. The molecule has 26 heavy (non-hydrogen) atoms. The summed E-state index contributed by atoms with van der Waals surface area (Å²) in [5.74, 6) is -3.00. The van der Waals surface area contributed by atoms with E-state index in [0.29, 0.717) is 0 Å². The number of pyridine rings is 1. The third-order valence-corrected chi connectivity index (χ3v) is 3.51. The van der Waals surface area contributed by atoms with Crippen LogP contribution >= 0.6 is 0 Å². The second-order valence-corrected chi connectivity index (χ2v) is 5.31. The van der Waals surface area contributed by atoms with Crippen molar-refractivity contribution in [2.75, 3.05) is 12.4 Å². The van der Waals surface area contributed by atoms with Crippen LogP contribution in [0.25, 0.3) is 0 Å².